The van der Waals surface area contributed by atoms with Crippen LogP contribution in [0.15, 0.2) is 0 Å². The maximum absolute atomic E-state index is 11.5. The summed E-state index contributed by atoms with van der Waals surface area (Å²) in [7, 11) is 0. The Balaban J connectivity index is 1.66. The van der Waals surface area contributed by atoms with Gasteiger partial charge in [-0.3, -0.25) is 0 Å². The molecule has 0 aromatic heterocycles. The lowest BCUT2D eigenvalue weighted by Gasteiger charge is -2.23. The van der Waals surface area contributed by atoms with Crippen LogP contribution in [0.2, 0.25) is 0 Å². The third-order valence-electron chi connectivity index (χ3n) is 3.99. The van der Waals surface area contributed by atoms with E-state index in [1.807, 2.05) is 4.90 Å². The van der Waals surface area contributed by atoms with Gasteiger partial charge in [0.25, 0.3) is 0 Å². The van der Waals surface area contributed by atoms with E-state index in [0.29, 0.717) is 0 Å². The summed E-state index contributed by atoms with van der Waals surface area (Å²) in [5, 5.41) is 2.85. The van der Waals surface area contributed by atoms with E-state index in [0.717, 1.165) is 65.3 Å². The number of nitrogens with zero attached hydrogens (tertiary/aromatic N) is 3. The molecule has 0 unspecified atom stereocenters. The summed E-state index contributed by atoms with van der Waals surface area (Å²) in [6.45, 7) is 9.98. The van der Waals surface area contributed by atoms with Gasteiger partial charge in [0.05, 0.1) is 0 Å². The van der Waals surface area contributed by atoms with E-state index in [2.05, 4.69) is 15.1 Å². The molecule has 2 aliphatic heterocycles. The predicted molar refractivity (Wildman–Crippen MR) is 76.1 cm³/mol. The van der Waals surface area contributed by atoms with Crippen molar-refractivity contribution in [2.45, 2.75) is 12.8 Å². The fraction of sp³-hybridized carbons (Fsp3) is 0.923. The number of hydrogen-bond donors (Lipinski definition) is 2. The van der Waals surface area contributed by atoms with Gasteiger partial charge in [0.1, 0.15) is 0 Å². The molecule has 2 amide bonds. The smallest absolute Gasteiger partial charge is 0.317 e. The Hall–Kier alpha value is -0.850. The first-order valence-electron chi connectivity index (χ1n) is 7.47. The first-order chi connectivity index (χ1) is 9.29. The van der Waals surface area contributed by atoms with E-state index in [-0.39, 0.29) is 6.03 Å². The van der Waals surface area contributed by atoms with E-state index in [9.17, 15) is 4.79 Å². The molecule has 0 spiro atoms. The van der Waals surface area contributed by atoms with Crippen LogP contribution in [0.25, 0.3) is 0 Å². The minimum absolute atomic E-state index is 0.0967. The highest BCUT2D eigenvalue weighted by Crippen LogP contribution is 2.05. The molecular formula is C13H27N5O. The number of urea groups is 1. The molecule has 0 aliphatic carbocycles. The number of carbonyl (C=O) groups excluding carboxylic acids is 1. The van der Waals surface area contributed by atoms with E-state index < -0.39 is 0 Å². The second kappa shape index (κ2) is 7.67. The summed E-state index contributed by atoms with van der Waals surface area (Å²) in [6, 6.07) is 0.0967. The van der Waals surface area contributed by atoms with E-state index in [1.54, 1.807) is 0 Å². The van der Waals surface area contributed by atoms with Gasteiger partial charge in [0.2, 0.25) is 0 Å². The highest BCUT2D eigenvalue weighted by molar-refractivity contribution is 5.76. The molecule has 2 aliphatic rings. The number of nitrogens with one attached hydrogen (secondary N) is 1. The lowest BCUT2D eigenvalue weighted by atomic mass is 10.3. The Morgan fingerprint density at radius 1 is 1.00 bits per heavy atom. The second-order valence-electron chi connectivity index (χ2n) is 5.40. The van der Waals surface area contributed by atoms with Crippen molar-refractivity contribution < 1.29 is 4.79 Å². The lowest BCUT2D eigenvalue weighted by molar-refractivity contribution is 0.201. The molecule has 0 aromatic carbocycles. The number of nitrogens with two attached hydrogens (primary N) is 1. The predicted octanol–water partition coefficient (Wildman–Crippen LogP) is -0.632. The van der Waals surface area contributed by atoms with Crippen molar-refractivity contribution in [3.8, 4) is 0 Å². The molecule has 0 atom stereocenters. The Bertz CT molecular complexity index is 286. The number of rotatable bonds is 6. The zero-order valence-corrected chi connectivity index (χ0v) is 11.8. The molecule has 0 radical (unpaired) electrons. The Morgan fingerprint density at radius 2 is 1.74 bits per heavy atom. The summed E-state index contributed by atoms with van der Waals surface area (Å²) in [5.74, 6) is 0. The van der Waals surface area contributed by atoms with Crippen LogP contribution >= 0.6 is 0 Å². The van der Waals surface area contributed by atoms with Gasteiger partial charge in [-0.2, -0.15) is 0 Å². The van der Waals surface area contributed by atoms with Crippen LogP contribution in [0.4, 0.5) is 4.79 Å². The summed E-state index contributed by atoms with van der Waals surface area (Å²) in [6.07, 6.45) is 2.31. The molecule has 0 saturated carbocycles. The zero-order chi connectivity index (χ0) is 13.5. The first kappa shape index (κ1) is 14.6. The first-order valence-corrected chi connectivity index (χ1v) is 7.47. The molecular weight excluding hydrogens is 242 g/mol. The molecule has 2 rings (SSSR count). The fourth-order valence-electron chi connectivity index (χ4n) is 2.77. The maximum Gasteiger partial charge on any atom is 0.317 e. The number of carbonyl (C=O) groups is 1. The Kier molecular flexibility index (Phi) is 5.88. The molecule has 2 fully saturated rings. The number of hydrogen-bond acceptors (Lipinski definition) is 4. The van der Waals surface area contributed by atoms with E-state index in [1.165, 1.54) is 13.0 Å². The minimum atomic E-state index is 0.0967. The average Bonchev–Trinajstić information content (AvgIpc) is 2.70. The summed E-state index contributed by atoms with van der Waals surface area (Å²) >= 11 is 0. The highest BCUT2D eigenvalue weighted by Gasteiger charge is 2.20. The van der Waals surface area contributed by atoms with E-state index >= 15 is 0 Å². The van der Waals surface area contributed by atoms with Crippen molar-refractivity contribution in [3.63, 3.8) is 0 Å². The van der Waals surface area contributed by atoms with Gasteiger partial charge in [-0.1, -0.05) is 0 Å². The van der Waals surface area contributed by atoms with Crippen molar-refractivity contribution in [2.75, 3.05) is 65.4 Å². The fourth-order valence-corrected chi connectivity index (χ4v) is 2.77. The third-order valence-corrected chi connectivity index (χ3v) is 3.99. The summed E-state index contributed by atoms with van der Waals surface area (Å²) in [4.78, 5) is 18.4. The molecule has 19 heavy (non-hydrogen) atoms. The van der Waals surface area contributed by atoms with Crippen LogP contribution in [-0.2, 0) is 0 Å². The molecule has 6 nitrogen and oxygen atoms in total. The largest absolute Gasteiger partial charge is 0.336 e. The van der Waals surface area contributed by atoms with Crippen molar-refractivity contribution in [3.05, 3.63) is 0 Å². The topological polar surface area (TPSA) is 64.8 Å². The number of amides is 2. The van der Waals surface area contributed by atoms with Gasteiger partial charge < -0.3 is 25.8 Å². The third kappa shape index (κ3) is 4.63. The molecule has 6 heteroatoms. The average molecular weight is 269 g/mol. The highest BCUT2D eigenvalue weighted by atomic mass is 16.2. The van der Waals surface area contributed by atoms with Crippen LogP contribution in [0, 0.1) is 0 Å². The van der Waals surface area contributed by atoms with Gasteiger partial charge in [-0.05, 0) is 39.0 Å². The van der Waals surface area contributed by atoms with Gasteiger partial charge >= 0.3 is 6.03 Å². The molecule has 110 valence electrons. The van der Waals surface area contributed by atoms with Gasteiger partial charge in [0, 0.05) is 39.3 Å². The minimum Gasteiger partial charge on any atom is -0.336 e. The van der Waals surface area contributed by atoms with Crippen molar-refractivity contribution in [1.29, 1.82) is 0 Å². The molecule has 3 N–H and O–H groups in total. The van der Waals surface area contributed by atoms with Gasteiger partial charge in [-0.25, -0.2) is 4.79 Å². The van der Waals surface area contributed by atoms with Crippen LogP contribution in [0.5, 0.6) is 0 Å². The monoisotopic (exact) mass is 269 g/mol. The molecule has 2 heterocycles. The Morgan fingerprint density at radius 3 is 2.37 bits per heavy atom. The van der Waals surface area contributed by atoms with Crippen LogP contribution in [0.3, 0.4) is 0 Å². The van der Waals surface area contributed by atoms with Crippen molar-refractivity contribution >= 4 is 6.03 Å². The lowest BCUT2D eigenvalue weighted by Crippen LogP contribution is -2.38. The van der Waals surface area contributed by atoms with Crippen LogP contribution in [-0.4, -0.2) is 86.2 Å². The molecule has 0 bridgehead atoms. The summed E-state index contributed by atoms with van der Waals surface area (Å²) < 4.78 is 0. The standard InChI is InChI=1S/C13H27N5O/c14-3-1-5-16-6-2-7-17(10-9-16)11-12-18-8-4-15-13(18)19/h1-12,14H2,(H,15,19). The van der Waals surface area contributed by atoms with Gasteiger partial charge in [0.15, 0.2) is 0 Å². The zero-order valence-electron chi connectivity index (χ0n) is 11.8. The van der Waals surface area contributed by atoms with E-state index in [4.69, 9.17) is 5.73 Å². The second-order valence-corrected chi connectivity index (χ2v) is 5.40. The van der Waals surface area contributed by atoms with Gasteiger partial charge in [-0.15, -0.1) is 0 Å². The van der Waals surface area contributed by atoms with Crippen LogP contribution in [0.1, 0.15) is 12.8 Å². The molecule has 2 saturated heterocycles. The normalized spacial score (nSPS) is 22.6. The van der Waals surface area contributed by atoms with Crippen LogP contribution < -0.4 is 11.1 Å². The maximum atomic E-state index is 11.5. The molecule has 0 aromatic rings. The van der Waals surface area contributed by atoms with Crippen molar-refractivity contribution in [1.82, 2.24) is 20.0 Å². The summed E-state index contributed by atoms with van der Waals surface area (Å²) in [5.41, 5.74) is 5.56. The SMILES string of the molecule is NCCCN1CCCN(CCN2CCNC2=O)CC1. The van der Waals surface area contributed by atoms with Crippen molar-refractivity contribution in [2.24, 2.45) is 5.73 Å². The quantitative estimate of drug-likeness (QED) is 0.674. The Labute approximate surface area is 115 Å².